The van der Waals surface area contributed by atoms with Gasteiger partial charge in [0.1, 0.15) is 17.4 Å². The van der Waals surface area contributed by atoms with Gasteiger partial charge in [-0.15, -0.1) is 0 Å². The van der Waals surface area contributed by atoms with E-state index in [1.807, 2.05) is 38.1 Å². The second-order valence-corrected chi connectivity index (χ2v) is 5.35. The first-order chi connectivity index (χ1) is 9.52. The second kappa shape index (κ2) is 4.93. The topological polar surface area (TPSA) is 46.3 Å². The number of rotatable bonds is 2. The van der Waals surface area contributed by atoms with E-state index in [2.05, 4.69) is 4.98 Å². The third-order valence-electron chi connectivity index (χ3n) is 3.19. The van der Waals surface area contributed by atoms with Crippen LogP contribution in [0.2, 0.25) is 5.02 Å². The average Bonchev–Trinajstić information content (AvgIpc) is 2.79. The molecule has 4 heteroatoms. The van der Waals surface area contributed by atoms with Crippen molar-refractivity contribution in [1.82, 2.24) is 4.98 Å². The van der Waals surface area contributed by atoms with Crippen molar-refractivity contribution in [3.63, 3.8) is 0 Å². The molecule has 0 radical (unpaired) electrons. The first-order valence-electron chi connectivity index (χ1n) is 6.35. The molecular weight excluding hydrogens is 274 g/mol. The lowest BCUT2D eigenvalue weighted by Crippen LogP contribution is -2.00. The van der Waals surface area contributed by atoms with Gasteiger partial charge in [-0.05, 0) is 55.8 Å². The van der Waals surface area contributed by atoms with Crippen molar-refractivity contribution in [2.75, 3.05) is 0 Å². The quantitative estimate of drug-likeness (QED) is 0.769. The Bertz CT molecular complexity index is 759. The molecule has 3 aromatic rings. The Morgan fingerprint density at radius 1 is 1.10 bits per heavy atom. The minimum Gasteiger partial charge on any atom is -0.458 e. The lowest BCUT2D eigenvalue weighted by atomic mass is 10.1. The summed E-state index contributed by atoms with van der Waals surface area (Å²) >= 11 is 5.95. The van der Waals surface area contributed by atoms with Gasteiger partial charge in [-0.2, -0.15) is 0 Å². The lowest BCUT2D eigenvalue weighted by Gasteiger charge is -2.09. The summed E-state index contributed by atoms with van der Waals surface area (Å²) < 4.78 is 5.69. The van der Waals surface area contributed by atoms with Crippen LogP contribution in [0.4, 0.5) is 0 Å². The highest BCUT2D eigenvalue weighted by molar-refractivity contribution is 6.31. The molecule has 3 nitrogen and oxygen atoms in total. The van der Waals surface area contributed by atoms with Crippen LogP contribution in [0.15, 0.2) is 40.8 Å². The van der Waals surface area contributed by atoms with E-state index in [1.54, 1.807) is 12.1 Å². The van der Waals surface area contributed by atoms with Gasteiger partial charge in [-0.1, -0.05) is 11.6 Å². The fraction of sp³-hybridized carbons (Fsp3) is 0.188. The van der Waals surface area contributed by atoms with Crippen LogP contribution < -0.4 is 0 Å². The molecule has 0 aliphatic carbocycles. The van der Waals surface area contributed by atoms with Gasteiger partial charge >= 0.3 is 0 Å². The maximum atomic E-state index is 10.5. The molecule has 0 bridgehead atoms. The zero-order valence-electron chi connectivity index (χ0n) is 11.2. The Kier molecular flexibility index (Phi) is 3.24. The number of aliphatic hydroxyl groups excluding tert-OH is 1. The first-order valence-corrected chi connectivity index (χ1v) is 6.73. The summed E-state index contributed by atoms with van der Waals surface area (Å²) in [6, 6.07) is 10.9. The number of fused-ring (bicyclic) bond motifs is 1. The van der Waals surface area contributed by atoms with Gasteiger partial charge < -0.3 is 9.52 Å². The van der Waals surface area contributed by atoms with Crippen molar-refractivity contribution < 1.29 is 9.52 Å². The van der Waals surface area contributed by atoms with Crippen molar-refractivity contribution in [2.45, 2.75) is 20.0 Å². The van der Waals surface area contributed by atoms with Crippen molar-refractivity contribution in [2.24, 2.45) is 0 Å². The normalized spacial score (nSPS) is 12.8. The highest BCUT2D eigenvalue weighted by Gasteiger charge is 2.16. The smallest absolute Gasteiger partial charge is 0.138 e. The number of aryl methyl sites for hydroxylation is 2. The van der Waals surface area contributed by atoms with Crippen LogP contribution in [0, 0.1) is 13.8 Å². The number of aliphatic hydroxyl groups is 1. The number of benzene rings is 1. The number of hydrogen-bond acceptors (Lipinski definition) is 3. The Labute approximate surface area is 121 Å². The largest absolute Gasteiger partial charge is 0.458 e. The maximum absolute atomic E-state index is 10.5. The first kappa shape index (κ1) is 13.2. The molecule has 0 saturated heterocycles. The van der Waals surface area contributed by atoms with Crippen molar-refractivity contribution in [3.05, 3.63) is 64.1 Å². The number of hydrogen-bond donors (Lipinski definition) is 1. The van der Waals surface area contributed by atoms with Crippen molar-refractivity contribution >= 4 is 22.6 Å². The Balaban J connectivity index is 2.05. The van der Waals surface area contributed by atoms with E-state index >= 15 is 0 Å². The molecule has 3 rings (SSSR count). The molecule has 0 spiro atoms. The number of furan rings is 1. The van der Waals surface area contributed by atoms with Gasteiger partial charge in [0.25, 0.3) is 0 Å². The third kappa shape index (κ3) is 2.42. The summed E-state index contributed by atoms with van der Waals surface area (Å²) in [7, 11) is 0. The highest BCUT2D eigenvalue weighted by Crippen LogP contribution is 2.30. The van der Waals surface area contributed by atoms with Crippen molar-refractivity contribution in [1.29, 1.82) is 0 Å². The molecule has 1 aromatic carbocycles. The van der Waals surface area contributed by atoms with Crippen LogP contribution in [0.5, 0.6) is 0 Å². The summed E-state index contributed by atoms with van der Waals surface area (Å²) in [5.74, 6) is 0.507. The van der Waals surface area contributed by atoms with E-state index < -0.39 is 6.10 Å². The van der Waals surface area contributed by atoms with Crippen LogP contribution in [-0.2, 0) is 0 Å². The van der Waals surface area contributed by atoms with Crippen LogP contribution >= 0.6 is 11.6 Å². The molecule has 20 heavy (non-hydrogen) atoms. The molecule has 1 unspecified atom stereocenters. The number of nitrogens with zero attached hydrogens (tertiary/aromatic N) is 1. The van der Waals surface area contributed by atoms with Gasteiger partial charge in [0.2, 0.25) is 0 Å². The molecule has 2 aromatic heterocycles. The Morgan fingerprint density at radius 3 is 2.50 bits per heavy atom. The Hall–Kier alpha value is -1.84. The van der Waals surface area contributed by atoms with Gasteiger partial charge in [0.15, 0.2) is 0 Å². The molecule has 0 amide bonds. The highest BCUT2D eigenvalue weighted by atomic mass is 35.5. The number of halogens is 1. The molecule has 0 saturated carbocycles. The molecule has 0 aliphatic rings. The van der Waals surface area contributed by atoms with Gasteiger partial charge in [0, 0.05) is 21.8 Å². The van der Waals surface area contributed by atoms with E-state index in [4.69, 9.17) is 16.0 Å². The fourth-order valence-electron chi connectivity index (χ4n) is 2.36. The zero-order chi connectivity index (χ0) is 14.3. The minimum absolute atomic E-state index is 0.507. The van der Waals surface area contributed by atoms with E-state index in [9.17, 15) is 5.11 Å². The zero-order valence-corrected chi connectivity index (χ0v) is 12.0. The third-order valence-corrected chi connectivity index (χ3v) is 3.42. The van der Waals surface area contributed by atoms with Gasteiger partial charge in [-0.25, -0.2) is 0 Å². The molecule has 0 fully saturated rings. The molecule has 0 aliphatic heterocycles. The predicted octanol–water partition coefficient (Wildman–Crippen LogP) is 4.18. The maximum Gasteiger partial charge on any atom is 0.138 e. The summed E-state index contributed by atoms with van der Waals surface area (Å²) in [6.07, 6.45) is -0.804. The Morgan fingerprint density at radius 2 is 1.80 bits per heavy atom. The van der Waals surface area contributed by atoms with Crippen LogP contribution in [0.25, 0.3) is 11.0 Å². The van der Waals surface area contributed by atoms with E-state index in [0.717, 1.165) is 22.3 Å². The standard InChI is InChI=1S/C16H14ClNO2/c1-9-5-12(6-10(2)18-9)16(19)15-8-11-7-13(17)3-4-14(11)20-15/h3-8,16,19H,1-2H3. The molecule has 102 valence electrons. The number of aromatic nitrogens is 1. The van der Waals surface area contributed by atoms with Crippen molar-refractivity contribution in [3.8, 4) is 0 Å². The van der Waals surface area contributed by atoms with Crippen LogP contribution in [-0.4, -0.2) is 10.1 Å². The van der Waals surface area contributed by atoms with Crippen LogP contribution in [0.3, 0.4) is 0 Å². The molecular formula is C16H14ClNO2. The van der Waals surface area contributed by atoms with E-state index in [1.165, 1.54) is 0 Å². The lowest BCUT2D eigenvalue weighted by molar-refractivity contribution is 0.192. The van der Waals surface area contributed by atoms with E-state index in [-0.39, 0.29) is 0 Å². The minimum atomic E-state index is -0.804. The molecule has 1 N–H and O–H groups in total. The number of pyridine rings is 1. The predicted molar refractivity (Wildman–Crippen MR) is 79.0 cm³/mol. The SMILES string of the molecule is Cc1cc(C(O)c2cc3cc(Cl)ccc3o2)cc(C)n1. The molecule has 2 heterocycles. The summed E-state index contributed by atoms with van der Waals surface area (Å²) in [5, 5.41) is 12.0. The summed E-state index contributed by atoms with van der Waals surface area (Å²) in [5.41, 5.74) is 3.24. The van der Waals surface area contributed by atoms with E-state index in [0.29, 0.717) is 16.4 Å². The monoisotopic (exact) mass is 287 g/mol. The van der Waals surface area contributed by atoms with Gasteiger partial charge in [0.05, 0.1) is 0 Å². The summed E-state index contributed by atoms with van der Waals surface area (Å²) in [6.45, 7) is 3.81. The second-order valence-electron chi connectivity index (χ2n) is 4.92. The van der Waals surface area contributed by atoms with Crippen LogP contribution in [0.1, 0.15) is 28.8 Å². The fourth-order valence-corrected chi connectivity index (χ4v) is 2.54. The van der Waals surface area contributed by atoms with Gasteiger partial charge in [-0.3, -0.25) is 4.98 Å². The molecule has 1 atom stereocenters. The summed E-state index contributed by atoms with van der Waals surface area (Å²) in [4.78, 5) is 4.31. The average molecular weight is 288 g/mol.